The van der Waals surface area contributed by atoms with E-state index in [4.69, 9.17) is 9.94 Å². The smallest absolute Gasteiger partial charge is 0.349 e. The number of hydrogen-bond acceptors (Lipinski definition) is 5. The van der Waals surface area contributed by atoms with Crippen LogP contribution in [0.15, 0.2) is 12.2 Å². The monoisotopic (exact) mass is 200 g/mol. The molecule has 0 saturated carbocycles. The molecule has 78 valence electrons. The second-order valence-electron chi connectivity index (χ2n) is 2.76. The summed E-state index contributed by atoms with van der Waals surface area (Å²) < 4.78 is 0. The molecule has 1 saturated heterocycles. The Morgan fingerprint density at radius 2 is 1.93 bits per heavy atom. The molecule has 0 aromatic carbocycles. The van der Waals surface area contributed by atoms with Gasteiger partial charge in [0.1, 0.15) is 0 Å². The highest BCUT2D eigenvalue weighted by atomic mass is 16.7. The van der Waals surface area contributed by atoms with Crippen molar-refractivity contribution in [3.63, 3.8) is 0 Å². The van der Waals surface area contributed by atoms with Gasteiger partial charge in [-0.3, -0.25) is 0 Å². The highest BCUT2D eigenvalue weighted by Gasteiger charge is 2.12. The van der Waals surface area contributed by atoms with Crippen LogP contribution in [-0.4, -0.2) is 48.3 Å². The molecule has 1 fully saturated rings. The average molecular weight is 200 g/mol. The van der Waals surface area contributed by atoms with Crippen molar-refractivity contribution in [3.05, 3.63) is 12.2 Å². The van der Waals surface area contributed by atoms with E-state index >= 15 is 0 Å². The van der Waals surface area contributed by atoms with E-state index in [1.54, 1.807) is 0 Å². The second kappa shape index (κ2) is 5.36. The van der Waals surface area contributed by atoms with E-state index in [2.05, 4.69) is 5.32 Å². The average Bonchev–Trinajstić information content (AvgIpc) is 2.16. The summed E-state index contributed by atoms with van der Waals surface area (Å²) in [5.74, 6) is -1.82. The van der Waals surface area contributed by atoms with Gasteiger partial charge in [-0.1, -0.05) is 0 Å². The Morgan fingerprint density at radius 1 is 1.29 bits per heavy atom. The number of nitrogens with zero attached hydrogens (tertiary/aromatic N) is 1. The molecule has 0 amide bonds. The highest BCUT2D eigenvalue weighted by molar-refractivity contribution is 5.90. The Hall–Kier alpha value is -1.40. The molecular formula is C8H12N2O4. The molecule has 6 heteroatoms. The van der Waals surface area contributed by atoms with Crippen molar-refractivity contribution in [2.45, 2.75) is 0 Å². The summed E-state index contributed by atoms with van der Waals surface area (Å²) in [6.07, 6.45) is 1.65. The van der Waals surface area contributed by atoms with Crippen molar-refractivity contribution >= 4 is 11.9 Å². The van der Waals surface area contributed by atoms with E-state index in [1.165, 1.54) is 5.06 Å². The van der Waals surface area contributed by atoms with Crippen LogP contribution in [0.4, 0.5) is 0 Å². The maximum atomic E-state index is 11.0. The van der Waals surface area contributed by atoms with E-state index in [9.17, 15) is 9.59 Å². The lowest BCUT2D eigenvalue weighted by molar-refractivity contribution is -0.186. The molecule has 0 unspecified atom stereocenters. The number of aliphatic carboxylic acids is 1. The molecule has 14 heavy (non-hydrogen) atoms. The minimum Gasteiger partial charge on any atom is -0.478 e. The summed E-state index contributed by atoms with van der Waals surface area (Å²) >= 11 is 0. The molecule has 1 aliphatic heterocycles. The van der Waals surface area contributed by atoms with Crippen LogP contribution in [0.25, 0.3) is 0 Å². The van der Waals surface area contributed by atoms with Crippen molar-refractivity contribution in [1.29, 1.82) is 0 Å². The van der Waals surface area contributed by atoms with Crippen LogP contribution in [0.2, 0.25) is 0 Å². The van der Waals surface area contributed by atoms with Crippen LogP contribution in [0.5, 0.6) is 0 Å². The summed E-state index contributed by atoms with van der Waals surface area (Å²) in [7, 11) is 0. The Morgan fingerprint density at radius 3 is 2.50 bits per heavy atom. The van der Waals surface area contributed by atoms with Gasteiger partial charge in [-0.05, 0) is 0 Å². The van der Waals surface area contributed by atoms with Crippen molar-refractivity contribution < 1.29 is 19.5 Å². The summed E-state index contributed by atoms with van der Waals surface area (Å²) in [6, 6.07) is 0. The van der Waals surface area contributed by atoms with Gasteiger partial charge in [0.05, 0.1) is 0 Å². The number of carbonyl (C=O) groups excluding carboxylic acids is 1. The van der Waals surface area contributed by atoms with Crippen LogP contribution >= 0.6 is 0 Å². The van der Waals surface area contributed by atoms with Crippen molar-refractivity contribution in [1.82, 2.24) is 10.4 Å². The van der Waals surface area contributed by atoms with Gasteiger partial charge in [-0.25, -0.2) is 9.59 Å². The van der Waals surface area contributed by atoms with Gasteiger partial charge in [0, 0.05) is 38.3 Å². The first-order valence-corrected chi connectivity index (χ1v) is 4.27. The van der Waals surface area contributed by atoms with E-state index in [-0.39, 0.29) is 0 Å². The van der Waals surface area contributed by atoms with E-state index < -0.39 is 11.9 Å². The Bertz CT molecular complexity index is 246. The molecule has 0 aromatic heterocycles. The zero-order chi connectivity index (χ0) is 10.4. The van der Waals surface area contributed by atoms with Gasteiger partial charge in [-0.15, -0.1) is 5.06 Å². The number of nitrogens with one attached hydrogen (secondary N) is 1. The zero-order valence-corrected chi connectivity index (χ0v) is 7.60. The summed E-state index contributed by atoms with van der Waals surface area (Å²) in [5.41, 5.74) is 0. The molecule has 0 aliphatic carbocycles. The molecule has 0 spiro atoms. The molecule has 0 atom stereocenters. The fourth-order valence-electron chi connectivity index (χ4n) is 1.03. The normalized spacial score (nSPS) is 18.3. The summed E-state index contributed by atoms with van der Waals surface area (Å²) in [4.78, 5) is 25.9. The van der Waals surface area contributed by atoms with Crippen molar-refractivity contribution in [2.75, 3.05) is 26.2 Å². The molecule has 1 rings (SSSR count). The number of rotatable bonds is 3. The largest absolute Gasteiger partial charge is 0.478 e. The number of hydrogen-bond donors (Lipinski definition) is 2. The molecule has 0 bridgehead atoms. The number of carboxylic acid groups (broad SMARTS) is 1. The van der Waals surface area contributed by atoms with Gasteiger partial charge in [-0.2, -0.15) is 0 Å². The second-order valence-corrected chi connectivity index (χ2v) is 2.76. The van der Waals surface area contributed by atoms with Gasteiger partial charge < -0.3 is 15.3 Å². The predicted octanol–water partition coefficient (Wildman–Crippen LogP) is -1.01. The molecule has 0 radical (unpaired) electrons. The third kappa shape index (κ3) is 4.01. The summed E-state index contributed by atoms with van der Waals surface area (Å²) in [6.45, 7) is 2.76. The maximum absolute atomic E-state index is 11.0. The molecular weight excluding hydrogens is 188 g/mol. The summed E-state index contributed by atoms with van der Waals surface area (Å²) in [5, 5.41) is 12.8. The first-order chi connectivity index (χ1) is 6.68. The highest BCUT2D eigenvalue weighted by Crippen LogP contribution is 1.94. The topological polar surface area (TPSA) is 78.9 Å². The SMILES string of the molecule is O=C(O)C=CC(=O)ON1CCNCC1. The lowest BCUT2D eigenvalue weighted by Gasteiger charge is -2.24. The van der Waals surface area contributed by atoms with Crippen molar-refractivity contribution in [3.8, 4) is 0 Å². The lowest BCUT2D eigenvalue weighted by Crippen LogP contribution is -2.44. The minimum atomic E-state index is -1.16. The number of piperazine rings is 1. The first-order valence-electron chi connectivity index (χ1n) is 4.27. The number of carbonyl (C=O) groups is 2. The molecule has 2 N–H and O–H groups in total. The van der Waals surface area contributed by atoms with Crippen LogP contribution < -0.4 is 5.32 Å². The number of carboxylic acids is 1. The van der Waals surface area contributed by atoms with Gasteiger partial charge >= 0.3 is 11.9 Å². The van der Waals surface area contributed by atoms with E-state index in [0.717, 1.165) is 25.2 Å². The molecule has 1 aliphatic rings. The maximum Gasteiger partial charge on any atom is 0.349 e. The number of hydroxylamine groups is 2. The van der Waals surface area contributed by atoms with Crippen LogP contribution in [0.1, 0.15) is 0 Å². The Kier molecular flexibility index (Phi) is 4.09. The van der Waals surface area contributed by atoms with E-state index in [1.807, 2.05) is 0 Å². The third-order valence-corrected chi connectivity index (χ3v) is 1.66. The van der Waals surface area contributed by atoms with Gasteiger partial charge in [0.15, 0.2) is 0 Å². The molecule has 6 nitrogen and oxygen atoms in total. The van der Waals surface area contributed by atoms with Gasteiger partial charge in [0.2, 0.25) is 0 Å². The molecule has 1 heterocycles. The van der Waals surface area contributed by atoms with Crippen LogP contribution in [0.3, 0.4) is 0 Å². The van der Waals surface area contributed by atoms with E-state index in [0.29, 0.717) is 13.1 Å². The standard InChI is InChI=1S/C8H12N2O4/c11-7(12)1-2-8(13)14-10-5-3-9-4-6-10/h1-2,9H,3-6H2,(H,11,12). The Labute approximate surface area is 81.1 Å². The zero-order valence-electron chi connectivity index (χ0n) is 7.60. The van der Waals surface area contributed by atoms with Crippen LogP contribution in [0, 0.1) is 0 Å². The lowest BCUT2D eigenvalue weighted by atomic mass is 10.4. The third-order valence-electron chi connectivity index (χ3n) is 1.66. The quantitative estimate of drug-likeness (QED) is 0.568. The fraction of sp³-hybridized carbons (Fsp3) is 0.500. The minimum absolute atomic E-state index is 0.618. The molecule has 0 aromatic rings. The van der Waals surface area contributed by atoms with Gasteiger partial charge in [0.25, 0.3) is 0 Å². The fourth-order valence-corrected chi connectivity index (χ4v) is 1.03. The van der Waals surface area contributed by atoms with Crippen molar-refractivity contribution in [2.24, 2.45) is 0 Å². The van der Waals surface area contributed by atoms with Crippen LogP contribution in [-0.2, 0) is 14.4 Å². The Balaban J connectivity index is 2.28. The first kappa shape index (κ1) is 10.7. The predicted molar refractivity (Wildman–Crippen MR) is 47.3 cm³/mol.